The smallest absolute Gasteiger partial charge is 0.257 e. The molecule has 1 aliphatic rings. The monoisotopic (exact) mass is 390 g/mol. The highest BCUT2D eigenvalue weighted by molar-refractivity contribution is 9.10. The van der Waals surface area contributed by atoms with Crippen LogP contribution >= 0.6 is 15.9 Å². The lowest BCUT2D eigenvalue weighted by atomic mass is 9.96. The normalized spacial score (nSPS) is 15.5. The highest BCUT2D eigenvalue weighted by Gasteiger charge is 2.28. The summed E-state index contributed by atoms with van der Waals surface area (Å²) in [7, 11) is 0. The minimum atomic E-state index is -0.277. The molecule has 0 radical (unpaired) electrons. The average molecular weight is 391 g/mol. The van der Waals surface area contributed by atoms with Crippen LogP contribution in [0.15, 0.2) is 34.9 Å². The maximum Gasteiger partial charge on any atom is 0.257 e. The molecule has 2 heterocycles. The number of aromatic nitrogens is 2. The fourth-order valence-corrected chi connectivity index (χ4v) is 3.26. The van der Waals surface area contributed by atoms with Crippen LogP contribution in [-0.2, 0) is 4.79 Å². The second-order valence-corrected chi connectivity index (χ2v) is 6.92. The molecule has 1 aliphatic heterocycles. The van der Waals surface area contributed by atoms with Crippen molar-refractivity contribution in [1.82, 2.24) is 14.7 Å². The van der Waals surface area contributed by atoms with Crippen molar-refractivity contribution in [2.24, 2.45) is 11.7 Å². The standard InChI is InChI=1S/C17H19BrN4O2/c1-11-15(10-20-22(11)14-4-2-13(18)3-5-14)17(24)21-8-6-12(7-9-21)16(19)23/h2-5,10,12H,6-9H2,1H3,(H2,19,23). The summed E-state index contributed by atoms with van der Waals surface area (Å²) >= 11 is 3.41. The van der Waals surface area contributed by atoms with E-state index in [1.807, 2.05) is 31.2 Å². The van der Waals surface area contributed by atoms with Crippen molar-refractivity contribution >= 4 is 27.7 Å². The lowest BCUT2D eigenvalue weighted by Crippen LogP contribution is -2.41. The maximum atomic E-state index is 12.7. The van der Waals surface area contributed by atoms with Crippen LogP contribution in [0, 0.1) is 12.8 Å². The first kappa shape index (κ1) is 16.7. The molecular formula is C17H19BrN4O2. The molecule has 1 aromatic carbocycles. The highest BCUT2D eigenvalue weighted by atomic mass is 79.9. The van der Waals surface area contributed by atoms with E-state index in [0.29, 0.717) is 31.5 Å². The van der Waals surface area contributed by atoms with Gasteiger partial charge in [-0.3, -0.25) is 9.59 Å². The van der Waals surface area contributed by atoms with Gasteiger partial charge in [-0.1, -0.05) is 15.9 Å². The molecule has 0 unspecified atom stereocenters. The van der Waals surface area contributed by atoms with Gasteiger partial charge in [-0.05, 0) is 44.0 Å². The van der Waals surface area contributed by atoms with E-state index in [1.165, 1.54) is 0 Å². The van der Waals surface area contributed by atoms with Crippen molar-refractivity contribution in [2.75, 3.05) is 13.1 Å². The Balaban J connectivity index is 1.77. The first-order valence-corrected chi connectivity index (χ1v) is 8.66. The minimum Gasteiger partial charge on any atom is -0.369 e. The highest BCUT2D eigenvalue weighted by Crippen LogP contribution is 2.22. The SMILES string of the molecule is Cc1c(C(=O)N2CCC(C(N)=O)CC2)cnn1-c1ccc(Br)cc1. The van der Waals surface area contributed by atoms with Gasteiger partial charge in [-0.25, -0.2) is 4.68 Å². The summed E-state index contributed by atoms with van der Waals surface area (Å²) in [5, 5.41) is 4.35. The fraction of sp³-hybridized carbons (Fsp3) is 0.353. The molecule has 6 nitrogen and oxygen atoms in total. The van der Waals surface area contributed by atoms with Gasteiger partial charge in [0.2, 0.25) is 5.91 Å². The van der Waals surface area contributed by atoms with Crippen LogP contribution in [-0.4, -0.2) is 39.6 Å². The quantitative estimate of drug-likeness (QED) is 0.872. The van der Waals surface area contributed by atoms with E-state index in [9.17, 15) is 9.59 Å². The van der Waals surface area contributed by atoms with Crippen molar-refractivity contribution in [3.8, 4) is 5.69 Å². The second kappa shape index (κ2) is 6.76. The van der Waals surface area contributed by atoms with Gasteiger partial charge in [0.25, 0.3) is 5.91 Å². The van der Waals surface area contributed by atoms with E-state index in [2.05, 4.69) is 21.0 Å². The molecule has 0 saturated carbocycles. The van der Waals surface area contributed by atoms with Crippen molar-refractivity contribution in [1.29, 1.82) is 0 Å². The number of hydrogen-bond donors (Lipinski definition) is 1. The molecule has 1 saturated heterocycles. The van der Waals surface area contributed by atoms with Crippen molar-refractivity contribution in [3.05, 3.63) is 46.2 Å². The third-order valence-electron chi connectivity index (χ3n) is 4.50. The zero-order valence-electron chi connectivity index (χ0n) is 13.4. The summed E-state index contributed by atoms with van der Waals surface area (Å²) in [6.07, 6.45) is 2.86. The number of hydrogen-bond acceptors (Lipinski definition) is 3. The van der Waals surface area contributed by atoms with E-state index >= 15 is 0 Å². The molecule has 2 N–H and O–H groups in total. The van der Waals surface area contributed by atoms with E-state index < -0.39 is 0 Å². The van der Waals surface area contributed by atoms with Crippen molar-refractivity contribution in [3.63, 3.8) is 0 Å². The van der Waals surface area contributed by atoms with Gasteiger partial charge in [0.15, 0.2) is 0 Å². The Labute approximate surface area is 148 Å². The number of piperidine rings is 1. The Morgan fingerprint density at radius 2 is 1.83 bits per heavy atom. The van der Waals surface area contributed by atoms with Gasteiger partial charge in [-0.15, -0.1) is 0 Å². The largest absolute Gasteiger partial charge is 0.369 e. The Kier molecular flexibility index (Phi) is 4.71. The number of amides is 2. The van der Waals surface area contributed by atoms with Crippen LogP contribution in [0.5, 0.6) is 0 Å². The van der Waals surface area contributed by atoms with Crippen LogP contribution in [0.3, 0.4) is 0 Å². The number of nitrogens with zero attached hydrogens (tertiary/aromatic N) is 3. The predicted molar refractivity (Wildman–Crippen MR) is 93.8 cm³/mol. The number of halogens is 1. The molecule has 3 rings (SSSR count). The van der Waals surface area contributed by atoms with Gasteiger partial charge in [0.05, 0.1) is 23.1 Å². The molecule has 24 heavy (non-hydrogen) atoms. The summed E-state index contributed by atoms with van der Waals surface area (Å²) in [5.41, 5.74) is 7.65. The molecule has 126 valence electrons. The Bertz CT molecular complexity index is 761. The molecule has 2 amide bonds. The van der Waals surface area contributed by atoms with E-state index in [1.54, 1.807) is 15.8 Å². The number of carbonyl (C=O) groups excluding carboxylic acids is 2. The third kappa shape index (κ3) is 3.21. The molecule has 7 heteroatoms. The van der Waals surface area contributed by atoms with Crippen LogP contribution in [0.4, 0.5) is 0 Å². The molecule has 2 aromatic rings. The Morgan fingerprint density at radius 1 is 1.21 bits per heavy atom. The lowest BCUT2D eigenvalue weighted by Gasteiger charge is -2.30. The van der Waals surface area contributed by atoms with Gasteiger partial charge in [0.1, 0.15) is 0 Å². The van der Waals surface area contributed by atoms with Crippen molar-refractivity contribution < 1.29 is 9.59 Å². The number of benzene rings is 1. The van der Waals surface area contributed by atoms with E-state index in [-0.39, 0.29) is 17.7 Å². The topological polar surface area (TPSA) is 81.2 Å². The van der Waals surface area contributed by atoms with Gasteiger partial charge < -0.3 is 10.6 Å². The lowest BCUT2D eigenvalue weighted by molar-refractivity contribution is -0.123. The molecule has 0 atom stereocenters. The summed E-state index contributed by atoms with van der Waals surface area (Å²) in [6, 6.07) is 7.76. The Morgan fingerprint density at radius 3 is 2.42 bits per heavy atom. The van der Waals surface area contributed by atoms with Gasteiger partial charge >= 0.3 is 0 Å². The van der Waals surface area contributed by atoms with E-state index in [0.717, 1.165) is 15.9 Å². The molecule has 0 spiro atoms. The second-order valence-electron chi connectivity index (χ2n) is 6.00. The summed E-state index contributed by atoms with van der Waals surface area (Å²) in [6.45, 7) is 2.99. The number of nitrogens with two attached hydrogens (primary N) is 1. The average Bonchev–Trinajstić information content (AvgIpc) is 2.96. The molecule has 1 aromatic heterocycles. The van der Waals surface area contributed by atoms with Crippen LogP contribution in [0.1, 0.15) is 28.9 Å². The van der Waals surface area contributed by atoms with Crippen LogP contribution < -0.4 is 5.73 Å². The number of carbonyl (C=O) groups is 2. The first-order chi connectivity index (χ1) is 11.5. The summed E-state index contributed by atoms with van der Waals surface area (Å²) in [4.78, 5) is 25.8. The molecule has 0 aliphatic carbocycles. The number of likely N-dealkylation sites (tertiary alicyclic amines) is 1. The zero-order chi connectivity index (χ0) is 17.3. The third-order valence-corrected chi connectivity index (χ3v) is 5.02. The predicted octanol–water partition coefficient (Wildman–Crippen LogP) is 2.28. The summed E-state index contributed by atoms with van der Waals surface area (Å²) in [5.74, 6) is -0.444. The Hall–Kier alpha value is -2.15. The zero-order valence-corrected chi connectivity index (χ0v) is 15.0. The molecule has 1 fully saturated rings. The number of rotatable bonds is 3. The molecular weight excluding hydrogens is 372 g/mol. The maximum absolute atomic E-state index is 12.7. The fourth-order valence-electron chi connectivity index (χ4n) is 3.00. The van der Waals surface area contributed by atoms with Gasteiger partial charge in [-0.2, -0.15) is 5.10 Å². The minimum absolute atomic E-state index is 0.0428. The summed E-state index contributed by atoms with van der Waals surface area (Å²) < 4.78 is 2.75. The van der Waals surface area contributed by atoms with Crippen molar-refractivity contribution in [2.45, 2.75) is 19.8 Å². The molecule has 0 bridgehead atoms. The first-order valence-electron chi connectivity index (χ1n) is 7.86. The van der Waals surface area contributed by atoms with Crippen LogP contribution in [0.2, 0.25) is 0 Å². The number of primary amides is 1. The van der Waals surface area contributed by atoms with E-state index in [4.69, 9.17) is 5.73 Å². The van der Waals surface area contributed by atoms with Gasteiger partial charge in [0, 0.05) is 23.5 Å². The van der Waals surface area contributed by atoms with Crippen LogP contribution in [0.25, 0.3) is 5.69 Å².